The van der Waals surface area contributed by atoms with Crippen LogP contribution < -0.4 is 10.5 Å². The van der Waals surface area contributed by atoms with Crippen molar-refractivity contribution in [2.75, 3.05) is 19.5 Å². The quantitative estimate of drug-likeness (QED) is 0.742. The molecule has 2 aromatic rings. The minimum absolute atomic E-state index is 0.178. The predicted molar refractivity (Wildman–Crippen MR) is 107 cm³/mol. The first-order valence-corrected chi connectivity index (χ1v) is 9.87. The van der Waals surface area contributed by atoms with Crippen LogP contribution in [0.2, 0.25) is 0 Å². The Hall–Kier alpha value is -2.79. The zero-order valence-electron chi connectivity index (χ0n) is 16.8. The highest BCUT2D eigenvalue weighted by molar-refractivity contribution is 5.80. The lowest BCUT2D eigenvalue weighted by molar-refractivity contribution is -0.176. The molecule has 1 aromatic heterocycles. The van der Waals surface area contributed by atoms with E-state index in [9.17, 15) is 18.4 Å². The van der Waals surface area contributed by atoms with Gasteiger partial charge in [0.05, 0.1) is 13.7 Å². The molecule has 5 nitrogen and oxygen atoms in total. The SMILES string of the molecule is COc1ccc(-c2c(C#N)c(N)nc3c2CCCCCC3)cc1COCC(F)(F)F. The smallest absolute Gasteiger partial charge is 0.411 e. The number of nitrogens with zero attached hydrogens (tertiary/aromatic N) is 2. The molecule has 1 aromatic carbocycles. The van der Waals surface area contributed by atoms with E-state index in [-0.39, 0.29) is 12.4 Å². The first-order valence-electron chi connectivity index (χ1n) is 9.87. The molecule has 1 aliphatic rings. The summed E-state index contributed by atoms with van der Waals surface area (Å²) in [5, 5.41) is 9.74. The highest BCUT2D eigenvalue weighted by Gasteiger charge is 2.28. The molecule has 0 aliphatic heterocycles. The van der Waals surface area contributed by atoms with Crippen LogP contribution in [-0.4, -0.2) is 24.9 Å². The summed E-state index contributed by atoms with van der Waals surface area (Å²) < 4.78 is 47.6. The summed E-state index contributed by atoms with van der Waals surface area (Å²) in [5.41, 5.74) is 10.2. The van der Waals surface area contributed by atoms with E-state index in [0.717, 1.165) is 49.8 Å². The molecule has 0 bridgehead atoms. The van der Waals surface area contributed by atoms with E-state index >= 15 is 0 Å². The minimum atomic E-state index is -4.41. The summed E-state index contributed by atoms with van der Waals surface area (Å²) in [4.78, 5) is 4.49. The van der Waals surface area contributed by atoms with Gasteiger partial charge in [-0.1, -0.05) is 18.9 Å². The van der Waals surface area contributed by atoms with E-state index in [2.05, 4.69) is 11.1 Å². The number of nitriles is 1. The number of anilines is 1. The molecule has 0 amide bonds. The molecule has 160 valence electrons. The Kier molecular flexibility index (Phi) is 6.83. The maximum absolute atomic E-state index is 12.5. The van der Waals surface area contributed by atoms with Crippen LogP contribution in [0.25, 0.3) is 11.1 Å². The minimum Gasteiger partial charge on any atom is -0.496 e. The van der Waals surface area contributed by atoms with Crippen LogP contribution in [0.1, 0.15) is 48.1 Å². The number of fused-ring (bicyclic) bond motifs is 1. The summed E-state index contributed by atoms with van der Waals surface area (Å²) >= 11 is 0. The van der Waals surface area contributed by atoms with E-state index in [1.54, 1.807) is 18.2 Å². The number of hydrogen-bond donors (Lipinski definition) is 1. The highest BCUT2D eigenvalue weighted by Crippen LogP contribution is 2.37. The van der Waals surface area contributed by atoms with Gasteiger partial charge >= 0.3 is 6.18 Å². The highest BCUT2D eigenvalue weighted by atomic mass is 19.4. The monoisotopic (exact) mass is 419 g/mol. The molecule has 2 N–H and O–H groups in total. The number of hydrogen-bond acceptors (Lipinski definition) is 5. The van der Waals surface area contributed by atoms with Crippen LogP contribution >= 0.6 is 0 Å². The fourth-order valence-corrected chi connectivity index (χ4v) is 3.87. The molecule has 1 aliphatic carbocycles. The maximum atomic E-state index is 12.5. The number of alkyl halides is 3. The van der Waals surface area contributed by atoms with Gasteiger partial charge in [-0.15, -0.1) is 0 Å². The van der Waals surface area contributed by atoms with Crippen molar-refractivity contribution in [1.82, 2.24) is 4.98 Å². The van der Waals surface area contributed by atoms with Gasteiger partial charge in [0.15, 0.2) is 0 Å². The molecular weight excluding hydrogens is 395 g/mol. The van der Waals surface area contributed by atoms with Gasteiger partial charge in [-0.3, -0.25) is 0 Å². The van der Waals surface area contributed by atoms with Crippen LogP contribution in [0.15, 0.2) is 18.2 Å². The van der Waals surface area contributed by atoms with Crippen molar-refractivity contribution in [3.05, 3.63) is 40.6 Å². The molecule has 0 atom stereocenters. The lowest BCUT2D eigenvalue weighted by Gasteiger charge is -2.20. The van der Waals surface area contributed by atoms with Crippen molar-refractivity contribution in [2.45, 2.75) is 51.3 Å². The van der Waals surface area contributed by atoms with Gasteiger partial charge in [0.1, 0.15) is 29.8 Å². The third-order valence-electron chi connectivity index (χ3n) is 5.21. The lowest BCUT2D eigenvalue weighted by Crippen LogP contribution is -2.17. The van der Waals surface area contributed by atoms with Crippen LogP contribution in [0.5, 0.6) is 5.75 Å². The second kappa shape index (κ2) is 9.35. The summed E-state index contributed by atoms with van der Waals surface area (Å²) in [6.07, 6.45) is 1.37. The van der Waals surface area contributed by atoms with Crippen molar-refractivity contribution in [3.8, 4) is 22.9 Å². The Morgan fingerprint density at radius 1 is 1.17 bits per heavy atom. The van der Waals surface area contributed by atoms with Crippen molar-refractivity contribution < 1.29 is 22.6 Å². The third-order valence-corrected chi connectivity index (χ3v) is 5.21. The van der Waals surface area contributed by atoms with Crippen LogP contribution in [0.4, 0.5) is 19.0 Å². The van der Waals surface area contributed by atoms with Crippen molar-refractivity contribution in [1.29, 1.82) is 5.26 Å². The van der Waals surface area contributed by atoms with E-state index < -0.39 is 12.8 Å². The Morgan fingerprint density at radius 2 is 1.90 bits per heavy atom. The van der Waals surface area contributed by atoms with Gasteiger partial charge in [-0.25, -0.2) is 4.98 Å². The third kappa shape index (κ3) is 5.03. The molecule has 0 spiro atoms. The molecule has 30 heavy (non-hydrogen) atoms. The fraction of sp³-hybridized carbons (Fsp3) is 0.455. The van der Waals surface area contributed by atoms with Crippen LogP contribution in [-0.2, 0) is 24.2 Å². The number of methoxy groups -OCH3 is 1. The van der Waals surface area contributed by atoms with E-state index in [1.165, 1.54) is 7.11 Å². The number of nitrogens with two attached hydrogens (primary N) is 1. The van der Waals surface area contributed by atoms with Gasteiger partial charge in [-0.05, 0) is 48.9 Å². The largest absolute Gasteiger partial charge is 0.496 e. The van der Waals surface area contributed by atoms with Crippen molar-refractivity contribution in [2.24, 2.45) is 0 Å². The van der Waals surface area contributed by atoms with Gasteiger partial charge in [-0.2, -0.15) is 18.4 Å². The van der Waals surface area contributed by atoms with E-state index in [4.69, 9.17) is 15.2 Å². The Balaban J connectivity index is 2.08. The van der Waals surface area contributed by atoms with Crippen molar-refractivity contribution in [3.63, 3.8) is 0 Å². The molecule has 3 rings (SSSR count). The summed E-state index contributed by atoms with van der Waals surface area (Å²) in [5.74, 6) is 0.599. The number of benzene rings is 1. The zero-order valence-corrected chi connectivity index (χ0v) is 16.8. The molecular formula is C22H24F3N3O2. The molecule has 1 heterocycles. The molecule has 0 saturated heterocycles. The molecule has 0 unspecified atom stereocenters. The van der Waals surface area contributed by atoms with Gasteiger partial charge in [0.2, 0.25) is 0 Å². The molecule has 0 saturated carbocycles. The molecule has 8 heteroatoms. The normalized spacial score (nSPS) is 14.4. The van der Waals surface area contributed by atoms with Gasteiger partial charge < -0.3 is 15.2 Å². The fourth-order valence-electron chi connectivity index (χ4n) is 3.87. The Labute approximate surface area is 173 Å². The van der Waals surface area contributed by atoms with E-state index in [1.807, 2.05) is 0 Å². The second-order valence-electron chi connectivity index (χ2n) is 7.33. The Morgan fingerprint density at radius 3 is 2.57 bits per heavy atom. The van der Waals surface area contributed by atoms with Crippen LogP contribution in [0.3, 0.4) is 0 Å². The summed E-state index contributed by atoms with van der Waals surface area (Å²) in [7, 11) is 1.45. The van der Waals surface area contributed by atoms with Crippen molar-refractivity contribution >= 4 is 5.82 Å². The number of pyridine rings is 1. The standard InChI is InChI=1S/C22H24F3N3O2/c1-29-19-9-8-14(10-15(19)12-30-13-22(23,24)25)20-16-6-4-2-3-5-7-18(16)28-21(27)17(20)11-26/h8-10H,2-7,12-13H2,1H3,(H2,27,28). The summed E-state index contributed by atoms with van der Waals surface area (Å²) in [6, 6.07) is 7.34. The molecule has 0 fully saturated rings. The average molecular weight is 419 g/mol. The topological polar surface area (TPSA) is 81.2 Å². The van der Waals surface area contributed by atoms with Gasteiger partial charge in [0.25, 0.3) is 0 Å². The summed E-state index contributed by atoms with van der Waals surface area (Å²) in [6.45, 7) is -1.61. The maximum Gasteiger partial charge on any atom is 0.411 e. The first kappa shape index (κ1) is 21.9. The number of rotatable bonds is 5. The number of nitrogen functional groups attached to an aromatic ring is 1. The first-order chi connectivity index (χ1) is 14.3. The lowest BCUT2D eigenvalue weighted by atomic mass is 9.87. The average Bonchev–Trinajstić information content (AvgIpc) is 2.67. The number of ether oxygens (including phenoxy) is 2. The van der Waals surface area contributed by atoms with Crippen LogP contribution in [0, 0.1) is 11.3 Å². The number of aromatic nitrogens is 1. The zero-order chi connectivity index (χ0) is 21.7. The molecule has 0 radical (unpaired) electrons. The van der Waals surface area contributed by atoms with E-state index in [0.29, 0.717) is 28.0 Å². The second-order valence-corrected chi connectivity index (χ2v) is 7.33. The predicted octanol–water partition coefficient (Wildman–Crippen LogP) is 4.95. The number of halogens is 3. The van der Waals surface area contributed by atoms with Gasteiger partial charge in [0, 0.05) is 16.8 Å². The Bertz CT molecular complexity index is 952. The number of aryl methyl sites for hydroxylation is 1.